The normalized spacial score (nSPS) is 20.1. The average molecular weight is 530 g/mol. The molecule has 0 spiro atoms. The predicted octanol–water partition coefficient (Wildman–Crippen LogP) is 2.72. The first kappa shape index (κ1) is 27.5. The van der Waals surface area contributed by atoms with Gasteiger partial charge in [-0.3, -0.25) is 9.59 Å². The zero-order chi connectivity index (χ0) is 27.2. The number of nitrogens with zero attached hydrogens (tertiary/aromatic N) is 4. The first-order chi connectivity index (χ1) is 18.3. The lowest BCUT2D eigenvalue weighted by molar-refractivity contribution is -0.188. The SMILES string of the molecule is CCC[C@H]1C(=O)N(CCOCc2cccc(F)c2)CC2N1C(=O)CN(C)N2C(=O)NCc1ccc(F)cc1. The Hall–Kier alpha value is -3.57. The zero-order valence-electron chi connectivity index (χ0n) is 21.6. The fraction of sp³-hybridized carbons (Fsp3) is 0.444. The van der Waals surface area contributed by atoms with Crippen LogP contribution in [-0.4, -0.2) is 83.2 Å². The minimum absolute atomic E-state index is 0.0370. The molecule has 1 N–H and O–H groups in total. The van der Waals surface area contributed by atoms with Gasteiger partial charge in [0, 0.05) is 20.1 Å². The molecule has 0 saturated carbocycles. The van der Waals surface area contributed by atoms with Gasteiger partial charge in [0.2, 0.25) is 11.8 Å². The number of urea groups is 1. The standard InChI is InChI=1S/C27H33F2N5O4/c1-3-5-23-26(36)32(12-13-38-18-20-6-4-7-22(29)14-20)16-24-33(23)25(35)17-31(2)34(24)27(37)30-15-19-8-10-21(28)11-9-19/h4,6-11,14,23-24H,3,5,12-13,15-18H2,1-2H3,(H,30,37)/t23-,24?/m0/s1. The van der Waals surface area contributed by atoms with E-state index in [-0.39, 0.29) is 62.8 Å². The fourth-order valence-electron chi connectivity index (χ4n) is 4.91. The Bertz CT molecular complexity index is 1150. The van der Waals surface area contributed by atoms with Crippen molar-refractivity contribution in [3.05, 3.63) is 71.3 Å². The van der Waals surface area contributed by atoms with Crippen LogP contribution in [0.15, 0.2) is 48.5 Å². The molecule has 2 saturated heterocycles. The van der Waals surface area contributed by atoms with Gasteiger partial charge in [-0.2, -0.15) is 0 Å². The highest BCUT2D eigenvalue weighted by atomic mass is 19.1. The minimum atomic E-state index is -0.688. The van der Waals surface area contributed by atoms with Gasteiger partial charge >= 0.3 is 6.03 Å². The van der Waals surface area contributed by atoms with E-state index in [1.807, 2.05) is 6.92 Å². The molecule has 11 heteroatoms. The van der Waals surface area contributed by atoms with Crippen molar-refractivity contribution in [2.75, 3.05) is 33.3 Å². The van der Waals surface area contributed by atoms with E-state index in [1.54, 1.807) is 41.2 Å². The largest absolute Gasteiger partial charge is 0.375 e. The number of amides is 4. The Labute approximate surface area is 220 Å². The third-order valence-electron chi connectivity index (χ3n) is 6.73. The van der Waals surface area contributed by atoms with Gasteiger partial charge in [-0.15, -0.1) is 0 Å². The summed E-state index contributed by atoms with van der Waals surface area (Å²) in [7, 11) is 1.66. The molecule has 204 valence electrons. The van der Waals surface area contributed by atoms with Crippen LogP contribution in [-0.2, 0) is 27.5 Å². The minimum Gasteiger partial charge on any atom is -0.375 e. The third kappa shape index (κ3) is 6.28. The topological polar surface area (TPSA) is 85.4 Å². The molecule has 0 bridgehead atoms. The second kappa shape index (κ2) is 12.3. The van der Waals surface area contributed by atoms with Gasteiger partial charge in [0.15, 0.2) is 0 Å². The van der Waals surface area contributed by atoms with Gasteiger partial charge in [-0.05, 0) is 41.8 Å². The van der Waals surface area contributed by atoms with E-state index < -0.39 is 18.2 Å². The van der Waals surface area contributed by atoms with Crippen LogP contribution >= 0.6 is 0 Å². The summed E-state index contributed by atoms with van der Waals surface area (Å²) in [6.45, 7) is 2.89. The summed E-state index contributed by atoms with van der Waals surface area (Å²) in [5.74, 6) is -1.10. The molecule has 0 radical (unpaired) electrons. The summed E-state index contributed by atoms with van der Waals surface area (Å²) in [5.41, 5.74) is 1.42. The summed E-state index contributed by atoms with van der Waals surface area (Å²) >= 11 is 0. The molecule has 2 aromatic rings. The van der Waals surface area contributed by atoms with Gasteiger partial charge in [0.05, 0.1) is 26.3 Å². The second-order valence-electron chi connectivity index (χ2n) is 9.50. The Morgan fingerprint density at radius 3 is 2.55 bits per heavy atom. The van der Waals surface area contributed by atoms with Crippen LogP contribution < -0.4 is 5.32 Å². The van der Waals surface area contributed by atoms with Crippen LogP contribution in [0.5, 0.6) is 0 Å². The number of carbonyl (C=O) groups excluding carboxylic acids is 3. The number of ether oxygens (including phenoxy) is 1. The van der Waals surface area contributed by atoms with Crippen molar-refractivity contribution in [2.24, 2.45) is 0 Å². The van der Waals surface area contributed by atoms with E-state index in [1.165, 1.54) is 34.2 Å². The Balaban J connectivity index is 1.46. The summed E-state index contributed by atoms with van der Waals surface area (Å²) < 4.78 is 32.4. The van der Waals surface area contributed by atoms with Crippen LogP contribution in [0.2, 0.25) is 0 Å². The summed E-state index contributed by atoms with van der Waals surface area (Å²) in [6.07, 6.45) is 0.465. The van der Waals surface area contributed by atoms with Crippen LogP contribution in [0.25, 0.3) is 0 Å². The van der Waals surface area contributed by atoms with Gasteiger partial charge in [-0.1, -0.05) is 37.6 Å². The van der Waals surface area contributed by atoms with Crippen LogP contribution in [0, 0.1) is 11.6 Å². The van der Waals surface area contributed by atoms with Crippen molar-refractivity contribution in [3.8, 4) is 0 Å². The third-order valence-corrected chi connectivity index (χ3v) is 6.73. The number of piperazine rings is 1. The van der Waals surface area contributed by atoms with E-state index in [2.05, 4.69) is 5.32 Å². The highest BCUT2D eigenvalue weighted by molar-refractivity contribution is 5.91. The lowest BCUT2D eigenvalue weighted by Gasteiger charge is -2.54. The highest BCUT2D eigenvalue weighted by Crippen LogP contribution is 2.27. The molecule has 0 aliphatic carbocycles. The predicted molar refractivity (Wildman–Crippen MR) is 135 cm³/mol. The Morgan fingerprint density at radius 1 is 1.08 bits per heavy atom. The van der Waals surface area contributed by atoms with Gasteiger partial charge in [-0.25, -0.2) is 23.6 Å². The molecule has 0 aromatic heterocycles. The van der Waals surface area contributed by atoms with Gasteiger partial charge in [0.1, 0.15) is 23.8 Å². The molecule has 2 aliphatic heterocycles. The number of hydrogen-bond acceptors (Lipinski definition) is 5. The van der Waals surface area contributed by atoms with E-state index in [0.717, 1.165) is 5.56 Å². The van der Waals surface area contributed by atoms with Gasteiger partial charge in [0.25, 0.3) is 0 Å². The Kier molecular flexibility index (Phi) is 8.90. The van der Waals surface area contributed by atoms with E-state index in [0.29, 0.717) is 18.4 Å². The summed E-state index contributed by atoms with van der Waals surface area (Å²) in [5, 5.41) is 5.87. The van der Waals surface area contributed by atoms with Crippen molar-refractivity contribution in [2.45, 2.75) is 45.1 Å². The van der Waals surface area contributed by atoms with E-state index >= 15 is 0 Å². The highest BCUT2D eigenvalue weighted by Gasteiger charge is 2.50. The Morgan fingerprint density at radius 2 is 1.84 bits per heavy atom. The van der Waals surface area contributed by atoms with Crippen LogP contribution in [0.3, 0.4) is 0 Å². The molecule has 9 nitrogen and oxygen atoms in total. The monoisotopic (exact) mass is 529 g/mol. The quantitative estimate of drug-likeness (QED) is 0.505. The zero-order valence-corrected chi connectivity index (χ0v) is 21.6. The van der Waals surface area contributed by atoms with Gasteiger partial charge < -0.3 is 19.9 Å². The van der Waals surface area contributed by atoms with Crippen molar-refractivity contribution >= 4 is 17.8 Å². The summed E-state index contributed by atoms with van der Waals surface area (Å²) in [4.78, 5) is 42.9. The maximum Gasteiger partial charge on any atom is 0.334 e. The van der Waals surface area contributed by atoms with Crippen molar-refractivity contribution in [1.29, 1.82) is 0 Å². The average Bonchev–Trinajstić information content (AvgIpc) is 2.88. The second-order valence-corrected chi connectivity index (χ2v) is 9.50. The molecule has 4 amide bonds. The van der Waals surface area contributed by atoms with Crippen molar-refractivity contribution < 1.29 is 27.9 Å². The number of likely N-dealkylation sites (N-methyl/N-ethyl adjacent to an activating group) is 1. The molecule has 2 heterocycles. The number of fused-ring (bicyclic) bond motifs is 1. The number of hydrazine groups is 1. The number of benzene rings is 2. The number of carbonyl (C=O) groups is 3. The molecule has 4 rings (SSSR count). The van der Waals surface area contributed by atoms with Crippen molar-refractivity contribution in [3.63, 3.8) is 0 Å². The number of halogens is 2. The first-order valence-electron chi connectivity index (χ1n) is 12.7. The van der Waals surface area contributed by atoms with Crippen LogP contribution in [0.1, 0.15) is 30.9 Å². The molecular weight excluding hydrogens is 496 g/mol. The molecule has 38 heavy (non-hydrogen) atoms. The van der Waals surface area contributed by atoms with Crippen LogP contribution in [0.4, 0.5) is 13.6 Å². The lowest BCUT2D eigenvalue weighted by Crippen LogP contribution is -2.76. The molecule has 2 aromatic carbocycles. The number of nitrogens with one attached hydrogen (secondary N) is 1. The van der Waals surface area contributed by atoms with E-state index in [4.69, 9.17) is 4.74 Å². The maximum absolute atomic E-state index is 13.4. The number of hydrogen-bond donors (Lipinski definition) is 1. The lowest BCUT2D eigenvalue weighted by atomic mass is 10.0. The molecule has 1 unspecified atom stereocenters. The molecule has 2 atom stereocenters. The maximum atomic E-state index is 13.4. The molecular formula is C27H33F2N5O4. The molecule has 2 aliphatic rings. The van der Waals surface area contributed by atoms with E-state index in [9.17, 15) is 23.2 Å². The fourth-order valence-corrected chi connectivity index (χ4v) is 4.91. The summed E-state index contributed by atoms with van der Waals surface area (Å²) in [6, 6.07) is 10.8. The molecule has 2 fully saturated rings. The number of rotatable bonds is 9. The smallest absolute Gasteiger partial charge is 0.334 e. The van der Waals surface area contributed by atoms with Crippen molar-refractivity contribution in [1.82, 2.24) is 25.1 Å². The first-order valence-corrected chi connectivity index (χ1v) is 12.7.